The normalized spacial score (nSPS) is 23.2. The van der Waals surface area contributed by atoms with Gasteiger partial charge in [0.1, 0.15) is 6.10 Å². The number of unbranched alkanes of at least 4 members (excludes halogenated alkanes) is 1. The zero-order chi connectivity index (χ0) is 26.0. The van der Waals surface area contributed by atoms with Gasteiger partial charge in [-0.3, -0.25) is 4.79 Å². The topological polar surface area (TPSA) is 73.1 Å². The molecule has 2 aromatic heterocycles. The van der Waals surface area contributed by atoms with Gasteiger partial charge in [0.05, 0.1) is 43.9 Å². The fourth-order valence-electron chi connectivity index (χ4n) is 6.47. The number of nitriles is 1. The molecule has 2 bridgehead atoms. The van der Waals surface area contributed by atoms with Crippen LogP contribution >= 0.6 is 22.7 Å². The number of aryl methyl sites for hydroxylation is 1. The lowest BCUT2D eigenvalue weighted by Gasteiger charge is -2.41. The van der Waals surface area contributed by atoms with E-state index >= 15 is 0 Å². The van der Waals surface area contributed by atoms with E-state index in [4.69, 9.17) is 10.00 Å². The molecule has 7 heteroatoms. The number of nitrogens with zero attached hydrogens (tertiary/aromatic N) is 2. The smallest absolute Gasteiger partial charge is 0.306 e. The van der Waals surface area contributed by atoms with Crippen molar-refractivity contribution in [3.8, 4) is 6.07 Å². The molecule has 5 nitrogen and oxygen atoms in total. The summed E-state index contributed by atoms with van der Waals surface area (Å²) in [6.45, 7) is 1.07. The maximum Gasteiger partial charge on any atom is 0.306 e. The predicted molar refractivity (Wildman–Crippen MR) is 145 cm³/mol. The van der Waals surface area contributed by atoms with E-state index in [9.17, 15) is 9.90 Å². The van der Waals surface area contributed by atoms with Gasteiger partial charge in [-0.05, 0) is 72.7 Å². The summed E-state index contributed by atoms with van der Waals surface area (Å²) in [7, 11) is 4.61. The fraction of sp³-hybridized carbons (Fsp3) is 0.467. The molecule has 0 radical (unpaired) electrons. The maximum atomic E-state index is 14.1. The Hall–Kier alpha value is -2.50. The van der Waals surface area contributed by atoms with Crippen molar-refractivity contribution in [2.75, 3.05) is 20.6 Å². The summed E-state index contributed by atoms with van der Waals surface area (Å²) in [5.74, 6) is -0.00279. The summed E-state index contributed by atoms with van der Waals surface area (Å²) in [6.07, 6.45) is 6.25. The quantitative estimate of drug-likeness (QED) is 0.206. The van der Waals surface area contributed by atoms with Gasteiger partial charge < -0.3 is 14.3 Å². The van der Waals surface area contributed by atoms with Crippen molar-refractivity contribution >= 4 is 28.6 Å². The number of esters is 1. The first-order valence-corrected chi connectivity index (χ1v) is 14.9. The molecule has 2 aliphatic rings. The number of hydrogen-bond acceptors (Lipinski definition) is 6. The number of quaternary nitrogens is 1. The van der Waals surface area contributed by atoms with E-state index in [1.807, 2.05) is 35.0 Å². The largest absolute Gasteiger partial charge is 0.833 e. The van der Waals surface area contributed by atoms with Gasteiger partial charge in [-0.2, -0.15) is 5.26 Å². The monoisotopic (exact) mass is 534 g/mol. The van der Waals surface area contributed by atoms with Crippen LogP contribution in [0.3, 0.4) is 0 Å². The highest BCUT2D eigenvalue weighted by atomic mass is 32.1. The van der Waals surface area contributed by atoms with Crippen molar-refractivity contribution in [3.05, 3.63) is 80.2 Å². The number of thiophene rings is 2. The molecule has 5 rings (SSSR count). The minimum atomic E-state index is -1.99. The molecular weight excluding hydrogens is 500 g/mol. The molecule has 194 valence electrons. The van der Waals surface area contributed by atoms with Gasteiger partial charge in [-0.1, -0.05) is 24.3 Å². The predicted octanol–water partition coefficient (Wildman–Crippen LogP) is 5.09. The molecule has 0 aliphatic heterocycles. The highest BCUT2D eigenvalue weighted by molar-refractivity contribution is 7.12. The van der Waals surface area contributed by atoms with Crippen LogP contribution < -0.4 is 5.11 Å². The first kappa shape index (κ1) is 26.1. The summed E-state index contributed by atoms with van der Waals surface area (Å²) in [5, 5.41) is 26.8. The van der Waals surface area contributed by atoms with Crippen LogP contribution in [0.4, 0.5) is 0 Å². The summed E-state index contributed by atoms with van der Waals surface area (Å²) in [4.78, 5) is 14.5. The van der Waals surface area contributed by atoms with E-state index < -0.39 is 11.6 Å². The molecular formula is C30H34N2O3S2. The lowest BCUT2D eigenvalue weighted by atomic mass is 9.92. The van der Waals surface area contributed by atoms with Crippen molar-refractivity contribution in [1.29, 1.82) is 5.26 Å². The van der Waals surface area contributed by atoms with Crippen molar-refractivity contribution in [3.63, 3.8) is 0 Å². The van der Waals surface area contributed by atoms with Gasteiger partial charge in [0.15, 0.2) is 0 Å². The van der Waals surface area contributed by atoms with E-state index in [1.165, 1.54) is 28.2 Å². The summed E-state index contributed by atoms with van der Waals surface area (Å²) < 4.78 is 7.09. The van der Waals surface area contributed by atoms with E-state index in [0.717, 1.165) is 49.6 Å². The van der Waals surface area contributed by atoms with Crippen molar-refractivity contribution in [2.24, 2.45) is 11.8 Å². The summed E-state index contributed by atoms with van der Waals surface area (Å²) >= 11 is 2.65. The number of benzene rings is 1. The zero-order valence-corrected chi connectivity index (χ0v) is 23.1. The second-order valence-electron chi connectivity index (χ2n) is 11.1. The molecule has 3 unspecified atom stereocenters. The zero-order valence-electron chi connectivity index (χ0n) is 21.5. The molecule has 2 saturated carbocycles. The number of carbonyl (C=O) groups excluding carboxylic acids is 1. The third kappa shape index (κ3) is 5.13. The van der Waals surface area contributed by atoms with Crippen LogP contribution in [0, 0.1) is 23.2 Å². The molecule has 0 N–H and O–H groups in total. The second-order valence-corrected chi connectivity index (χ2v) is 13.0. The Balaban J connectivity index is 1.21. The van der Waals surface area contributed by atoms with E-state index in [1.54, 1.807) is 12.1 Å². The highest BCUT2D eigenvalue weighted by Gasteiger charge is 2.56. The molecule has 2 aliphatic carbocycles. The van der Waals surface area contributed by atoms with Crippen LogP contribution in [0.2, 0.25) is 0 Å². The maximum absolute atomic E-state index is 14.1. The Kier molecular flexibility index (Phi) is 7.56. The third-order valence-electron chi connectivity index (χ3n) is 8.49. The average Bonchev–Trinajstić information content (AvgIpc) is 3.72. The Morgan fingerprint density at radius 1 is 1.08 bits per heavy atom. The van der Waals surface area contributed by atoms with E-state index in [2.05, 4.69) is 32.3 Å². The van der Waals surface area contributed by atoms with E-state index in [-0.39, 0.29) is 6.10 Å². The second kappa shape index (κ2) is 10.7. The van der Waals surface area contributed by atoms with Crippen molar-refractivity contribution in [1.82, 2.24) is 0 Å². The van der Waals surface area contributed by atoms with Gasteiger partial charge in [0, 0.05) is 28.0 Å². The Bertz CT molecular complexity index is 1190. The van der Waals surface area contributed by atoms with Crippen LogP contribution in [0.5, 0.6) is 0 Å². The van der Waals surface area contributed by atoms with Crippen LogP contribution in [-0.2, 0) is 21.6 Å². The fourth-order valence-corrected chi connectivity index (χ4v) is 8.17. The van der Waals surface area contributed by atoms with E-state index in [0.29, 0.717) is 33.2 Å². The SMILES string of the molecule is C[N+](C)(CCCCc1ccc(C#N)cc1)[C@H]1CC2CCC1C2OC(=O)C([O-])(c1cccs1)c1cccs1. The Morgan fingerprint density at radius 3 is 2.35 bits per heavy atom. The van der Waals surface area contributed by atoms with Gasteiger partial charge in [0.2, 0.25) is 0 Å². The van der Waals surface area contributed by atoms with Gasteiger partial charge in [-0.15, -0.1) is 22.7 Å². The number of ether oxygens (including phenoxy) is 1. The van der Waals surface area contributed by atoms with Crippen molar-refractivity contribution < 1.29 is 19.1 Å². The lowest BCUT2D eigenvalue weighted by Crippen LogP contribution is -2.53. The van der Waals surface area contributed by atoms with Gasteiger partial charge >= 0.3 is 5.97 Å². The molecule has 0 amide bonds. The number of fused-ring (bicyclic) bond motifs is 2. The molecule has 4 atom stereocenters. The van der Waals surface area contributed by atoms with Crippen LogP contribution in [0.1, 0.15) is 53.0 Å². The van der Waals surface area contributed by atoms with Crippen LogP contribution in [0.15, 0.2) is 59.3 Å². The third-order valence-corrected chi connectivity index (χ3v) is 10.4. The Labute approximate surface area is 227 Å². The molecule has 2 fully saturated rings. The number of carbonyl (C=O) groups is 1. The first-order chi connectivity index (χ1) is 17.8. The van der Waals surface area contributed by atoms with Gasteiger partial charge in [0.25, 0.3) is 0 Å². The molecule has 0 spiro atoms. The van der Waals surface area contributed by atoms with Gasteiger partial charge in [-0.25, -0.2) is 0 Å². The molecule has 3 aromatic rings. The Morgan fingerprint density at radius 2 is 1.76 bits per heavy atom. The summed E-state index contributed by atoms with van der Waals surface area (Å²) in [6, 6.07) is 17.6. The first-order valence-electron chi connectivity index (χ1n) is 13.1. The van der Waals surface area contributed by atoms with Crippen molar-refractivity contribution in [2.45, 2.75) is 56.3 Å². The number of rotatable bonds is 10. The van der Waals surface area contributed by atoms with Crippen LogP contribution in [0.25, 0.3) is 0 Å². The lowest BCUT2D eigenvalue weighted by molar-refractivity contribution is -0.918. The average molecular weight is 535 g/mol. The molecule has 1 aromatic carbocycles. The van der Waals surface area contributed by atoms with Crippen LogP contribution in [-0.4, -0.2) is 43.2 Å². The molecule has 0 saturated heterocycles. The minimum absolute atomic E-state index is 0.165. The molecule has 2 heterocycles. The number of hydrogen-bond donors (Lipinski definition) is 0. The summed E-state index contributed by atoms with van der Waals surface area (Å²) in [5.41, 5.74) is -0.0164. The highest BCUT2D eigenvalue weighted by Crippen LogP contribution is 2.50. The minimum Gasteiger partial charge on any atom is -0.833 e. The standard InChI is InChI=1S/C30H34N2O3S2/c1-32(2,16-4-3-7-21-10-12-22(20-31)13-11-21)25-19-23-14-15-24(25)28(23)35-29(33)30(34,26-8-5-17-36-26)27-9-6-18-37-27/h5-6,8-13,17-18,23-25,28H,3-4,7,14-16,19H2,1-2H3/t23?,24?,25-,28?/m0/s1. The molecule has 37 heavy (non-hydrogen) atoms.